The van der Waals surface area contributed by atoms with Gasteiger partial charge in [-0.25, -0.2) is 8.42 Å². The van der Waals surface area contributed by atoms with Crippen LogP contribution in [0, 0.1) is 10.1 Å². The zero-order valence-electron chi connectivity index (χ0n) is 10.9. The highest BCUT2D eigenvalue weighted by atomic mass is 35.5. The quantitative estimate of drug-likeness (QED) is 0.656. The molecule has 0 saturated carbocycles. The monoisotopic (exact) mass is 355 g/mol. The molecule has 1 aromatic carbocycles. The normalized spacial score (nSPS) is 19.8. The Balaban J connectivity index is 0.00000220. The molecule has 2 rings (SSSR count). The number of nitrogens with two attached hydrogens (primary N) is 1. The number of halogens is 2. The summed E-state index contributed by atoms with van der Waals surface area (Å²) in [4.78, 5) is 9.80. The molecule has 1 unspecified atom stereocenters. The highest BCUT2D eigenvalue weighted by molar-refractivity contribution is 7.89. The molecular weight excluding hydrogens is 341 g/mol. The molecule has 1 saturated heterocycles. The molecule has 10 heteroatoms. The van der Waals surface area contributed by atoms with Gasteiger partial charge in [0.2, 0.25) is 0 Å². The molecule has 1 heterocycles. The summed E-state index contributed by atoms with van der Waals surface area (Å²) in [6.07, 6.45) is 1.36. The van der Waals surface area contributed by atoms with E-state index in [-0.39, 0.29) is 30.0 Å². The fourth-order valence-corrected chi connectivity index (χ4v) is 4.42. The molecule has 1 aliphatic rings. The second kappa shape index (κ2) is 6.89. The Morgan fingerprint density at radius 2 is 2.10 bits per heavy atom. The number of nitrogens with zero attached hydrogens (tertiary/aromatic N) is 2. The summed E-state index contributed by atoms with van der Waals surface area (Å²) in [5.74, 6) is 0. The zero-order valence-corrected chi connectivity index (χ0v) is 13.3. The first-order valence-electron chi connectivity index (χ1n) is 6.02. The number of hydrogen-bond donors (Lipinski definition) is 1. The third kappa shape index (κ3) is 3.64. The highest BCUT2D eigenvalue weighted by Crippen LogP contribution is 2.34. The van der Waals surface area contributed by atoms with Crippen molar-refractivity contribution in [2.45, 2.75) is 23.8 Å². The fourth-order valence-electron chi connectivity index (χ4n) is 2.22. The van der Waals surface area contributed by atoms with Gasteiger partial charge >= 0.3 is 0 Å². The second-order valence-electron chi connectivity index (χ2n) is 4.61. The number of benzene rings is 1. The number of sulfonamides is 1. The van der Waals surface area contributed by atoms with Crippen LogP contribution in [0.2, 0.25) is 5.02 Å². The summed E-state index contributed by atoms with van der Waals surface area (Å²) in [5, 5.41) is 10.9. The topological polar surface area (TPSA) is 107 Å². The van der Waals surface area contributed by atoms with Crippen molar-refractivity contribution in [1.29, 1.82) is 0 Å². The average Bonchev–Trinajstić information content (AvgIpc) is 2.38. The van der Waals surface area contributed by atoms with Gasteiger partial charge in [0.1, 0.15) is 0 Å². The average molecular weight is 356 g/mol. The summed E-state index contributed by atoms with van der Waals surface area (Å²) in [7, 11) is -4.02. The lowest BCUT2D eigenvalue weighted by Gasteiger charge is -2.29. The van der Waals surface area contributed by atoms with E-state index in [1.165, 1.54) is 12.1 Å². The molecule has 21 heavy (non-hydrogen) atoms. The van der Waals surface area contributed by atoms with Crippen molar-refractivity contribution in [2.75, 3.05) is 13.1 Å². The third-order valence-corrected chi connectivity index (χ3v) is 5.54. The van der Waals surface area contributed by atoms with Crippen molar-refractivity contribution in [3.05, 3.63) is 33.3 Å². The first-order valence-corrected chi connectivity index (χ1v) is 7.84. The predicted octanol–water partition coefficient (Wildman–Crippen LogP) is 1.78. The molecule has 1 fully saturated rings. The van der Waals surface area contributed by atoms with Crippen LogP contribution in [-0.4, -0.2) is 36.8 Å². The Labute approximate surface area is 133 Å². The molecule has 0 bridgehead atoms. The van der Waals surface area contributed by atoms with Crippen LogP contribution in [0.4, 0.5) is 5.69 Å². The van der Waals surface area contributed by atoms with E-state index in [0.717, 1.165) is 16.8 Å². The lowest BCUT2D eigenvalue weighted by Crippen LogP contribution is -2.45. The maximum absolute atomic E-state index is 12.6. The number of piperidine rings is 1. The minimum Gasteiger partial charge on any atom is -0.327 e. The van der Waals surface area contributed by atoms with Gasteiger partial charge in [-0.05, 0) is 18.9 Å². The largest absolute Gasteiger partial charge is 0.327 e. The Morgan fingerprint density at radius 3 is 2.67 bits per heavy atom. The maximum atomic E-state index is 12.6. The SMILES string of the molecule is Cl.NC1CCCN(S(=O)(=O)c2c(Cl)cccc2[N+](=O)[O-])C1. The standard InChI is InChI=1S/C11H14ClN3O4S.ClH/c12-9-4-1-5-10(15(16)17)11(9)20(18,19)14-6-2-3-8(13)7-14;/h1,4-5,8H,2-3,6-7,13H2;1H. The summed E-state index contributed by atoms with van der Waals surface area (Å²) in [6.45, 7) is 0.434. The summed E-state index contributed by atoms with van der Waals surface area (Å²) >= 11 is 5.87. The van der Waals surface area contributed by atoms with Crippen molar-refractivity contribution >= 4 is 39.7 Å². The van der Waals surface area contributed by atoms with Crippen molar-refractivity contribution in [3.63, 3.8) is 0 Å². The summed E-state index contributed by atoms with van der Waals surface area (Å²) in [6, 6.07) is 3.54. The molecule has 0 radical (unpaired) electrons. The molecule has 0 aromatic heterocycles. The number of hydrogen-bond acceptors (Lipinski definition) is 5. The molecule has 2 N–H and O–H groups in total. The van der Waals surface area contributed by atoms with E-state index in [1.54, 1.807) is 0 Å². The Kier molecular flexibility index (Phi) is 5.94. The van der Waals surface area contributed by atoms with E-state index in [0.29, 0.717) is 13.0 Å². The lowest BCUT2D eigenvalue weighted by atomic mass is 10.1. The van der Waals surface area contributed by atoms with E-state index >= 15 is 0 Å². The van der Waals surface area contributed by atoms with Gasteiger partial charge in [-0.3, -0.25) is 10.1 Å². The van der Waals surface area contributed by atoms with Gasteiger partial charge in [0.15, 0.2) is 4.90 Å². The van der Waals surface area contributed by atoms with Crippen LogP contribution >= 0.6 is 24.0 Å². The van der Waals surface area contributed by atoms with E-state index in [1.807, 2.05) is 0 Å². The van der Waals surface area contributed by atoms with E-state index in [9.17, 15) is 18.5 Å². The minimum atomic E-state index is -4.02. The number of rotatable bonds is 3. The highest BCUT2D eigenvalue weighted by Gasteiger charge is 2.35. The minimum absolute atomic E-state index is 0. The zero-order chi connectivity index (χ0) is 14.9. The van der Waals surface area contributed by atoms with Crippen molar-refractivity contribution < 1.29 is 13.3 Å². The van der Waals surface area contributed by atoms with Gasteiger partial charge in [0, 0.05) is 25.2 Å². The number of nitro benzene ring substituents is 1. The molecule has 0 amide bonds. The molecule has 0 aliphatic carbocycles. The van der Waals surface area contributed by atoms with Crippen LogP contribution in [-0.2, 0) is 10.0 Å². The van der Waals surface area contributed by atoms with Crippen LogP contribution in [0.15, 0.2) is 23.1 Å². The fraction of sp³-hybridized carbons (Fsp3) is 0.455. The van der Waals surface area contributed by atoms with Gasteiger partial charge in [0.05, 0.1) is 9.95 Å². The second-order valence-corrected chi connectivity index (χ2v) is 6.89. The van der Waals surface area contributed by atoms with Gasteiger partial charge < -0.3 is 5.73 Å². The van der Waals surface area contributed by atoms with E-state index in [4.69, 9.17) is 17.3 Å². The number of nitro groups is 1. The molecule has 1 aliphatic heterocycles. The van der Waals surface area contributed by atoms with Crippen LogP contribution in [0.5, 0.6) is 0 Å². The molecule has 1 atom stereocenters. The van der Waals surface area contributed by atoms with Crippen LogP contribution in [0.25, 0.3) is 0 Å². The summed E-state index contributed by atoms with van der Waals surface area (Å²) < 4.78 is 26.3. The third-order valence-electron chi connectivity index (χ3n) is 3.16. The first-order chi connectivity index (χ1) is 9.34. The Morgan fingerprint density at radius 1 is 1.43 bits per heavy atom. The van der Waals surface area contributed by atoms with Crippen molar-refractivity contribution in [3.8, 4) is 0 Å². The molecule has 7 nitrogen and oxygen atoms in total. The first kappa shape index (κ1) is 18.1. The van der Waals surface area contributed by atoms with Crippen molar-refractivity contribution in [2.24, 2.45) is 5.73 Å². The van der Waals surface area contributed by atoms with Crippen LogP contribution in [0.1, 0.15) is 12.8 Å². The molecule has 1 aromatic rings. The van der Waals surface area contributed by atoms with E-state index in [2.05, 4.69) is 0 Å². The van der Waals surface area contributed by atoms with Crippen LogP contribution < -0.4 is 5.73 Å². The van der Waals surface area contributed by atoms with Crippen LogP contribution in [0.3, 0.4) is 0 Å². The van der Waals surface area contributed by atoms with Crippen molar-refractivity contribution in [1.82, 2.24) is 4.31 Å². The smallest absolute Gasteiger partial charge is 0.290 e. The molecule has 118 valence electrons. The van der Waals surface area contributed by atoms with Gasteiger partial charge in [-0.2, -0.15) is 4.31 Å². The Bertz CT molecular complexity index is 638. The van der Waals surface area contributed by atoms with Gasteiger partial charge in [-0.1, -0.05) is 17.7 Å². The molecule has 0 spiro atoms. The van der Waals surface area contributed by atoms with Gasteiger partial charge in [-0.15, -0.1) is 12.4 Å². The predicted molar refractivity (Wildman–Crippen MR) is 81.3 cm³/mol. The van der Waals surface area contributed by atoms with E-state index < -0.39 is 25.5 Å². The maximum Gasteiger partial charge on any atom is 0.290 e. The lowest BCUT2D eigenvalue weighted by molar-refractivity contribution is -0.387. The Hall–Kier alpha value is -0.930. The molecular formula is C11H15Cl2N3O4S. The van der Waals surface area contributed by atoms with Gasteiger partial charge in [0.25, 0.3) is 15.7 Å². The summed E-state index contributed by atoms with van der Waals surface area (Å²) in [5.41, 5.74) is 5.25.